The van der Waals surface area contributed by atoms with Crippen molar-refractivity contribution in [3.63, 3.8) is 0 Å². The molecule has 0 aliphatic rings. The predicted octanol–water partition coefficient (Wildman–Crippen LogP) is 3.81. The van der Waals surface area contributed by atoms with E-state index in [4.69, 9.17) is 4.42 Å². The number of carbonyl (C=O) groups is 1. The first-order valence-corrected chi connectivity index (χ1v) is 9.12. The molecule has 1 amide bonds. The number of halogens is 1. The molecule has 0 spiro atoms. The number of nitrogens with one attached hydrogen (secondary N) is 2. The molecule has 1 unspecified atom stereocenters. The molecule has 0 aliphatic carbocycles. The van der Waals surface area contributed by atoms with E-state index in [2.05, 4.69) is 20.8 Å². The first-order valence-electron chi connectivity index (χ1n) is 7.43. The minimum Gasteiger partial charge on any atom is -0.467 e. The molecule has 2 N–H and O–H groups in total. The molecule has 3 rings (SSSR count). The van der Waals surface area contributed by atoms with Crippen molar-refractivity contribution in [3.8, 4) is 0 Å². The van der Waals surface area contributed by atoms with Gasteiger partial charge < -0.3 is 15.1 Å². The lowest BCUT2D eigenvalue weighted by atomic mass is 10.3. The van der Waals surface area contributed by atoms with E-state index in [1.165, 1.54) is 35.2 Å². The number of carbonyl (C=O) groups excluding carboxylic acids is 1. The summed E-state index contributed by atoms with van der Waals surface area (Å²) in [6.07, 6.45) is 1.57. The molecule has 9 heteroatoms. The average molecular weight is 378 g/mol. The Kier molecular flexibility index (Phi) is 5.67. The fraction of sp³-hybridized carbons (Fsp3) is 0.188. The van der Waals surface area contributed by atoms with Crippen molar-refractivity contribution in [2.45, 2.75) is 23.1 Å². The molecule has 6 nitrogen and oxygen atoms in total. The normalized spacial score (nSPS) is 11.9. The summed E-state index contributed by atoms with van der Waals surface area (Å²) >= 11 is 2.66. The van der Waals surface area contributed by atoms with Crippen LogP contribution in [0.1, 0.15) is 12.7 Å². The Labute approximate surface area is 151 Å². The van der Waals surface area contributed by atoms with Crippen LogP contribution in [0.3, 0.4) is 0 Å². The van der Waals surface area contributed by atoms with Gasteiger partial charge in [-0.2, -0.15) is 0 Å². The first-order chi connectivity index (χ1) is 12.1. The van der Waals surface area contributed by atoms with Gasteiger partial charge in [0.25, 0.3) is 0 Å². The summed E-state index contributed by atoms with van der Waals surface area (Å²) in [5.41, 5.74) is 0.721. The first kappa shape index (κ1) is 17.4. The zero-order chi connectivity index (χ0) is 17.6. The van der Waals surface area contributed by atoms with Gasteiger partial charge in [0.2, 0.25) is 11.0 Å². The van der Waals surface area contributed by atoms with Gasteiger partial charge in [0, 0.05) is 5.69 Å². The van der Waals surface area contributed by atoms with Gasteiger partial charge in [-0.05, 0) is 43.3 Å². The smallest absolute Gasteiger partial charge is 0.233 e. The van der Waals surface area contributed by atoms with E-state index < -0.39 is 0 Å². The number of nitrogens with zero attached hydrogens (tertiary/aromatic N) is 2. The number of rotatable bonds is 7. The lowest BCUT2D eigenvalue weighted by Crippen LogP contribution is -2.30. The number of anilines is 2. The van der Waals surface area contributed by atoms with Crippen molar-refractivity contribution < 1.29 is 13.6 Å². The number of benzene rings is 1. The molecule has 0 radical (unpaired) electrons. The lowest BCUT2D eigenvalue weighted by molar-refractivity contribution is -0.120. The van der Waals surface area contributed by atoms with Crippen molar-refractivity contribution in [2.24, 2.45) is 0 Å². The summed E-state index contributed by atoms with van der Waals surface area (Å²) in [7, 11) is 0. The number of aromatic nitrogens is 2. The molecule has 0 aliphatic heterocycles. The molecular weight excluding hydrogens is 363 g/mol. The fourth-order valence-corrected chi connectivity index (χ4v) is 3.84. The van der Waals surface area contributed by atoms with Crippen LogP contribution in [0.4, 0.5) is 15.2 Å². The van der Waals surface area contributed by atoms with E-state index in [1.54, 1.807) is 37.5 Å². The van der Waals surface area contributed by atoms with Crippen LogP contribution >= 0.6 is 23.1 Å². The Balaban J connectivity index is 1.51. The van der Waals surface area contributed by atoms with Crippen LogP contribution in [0.5, 0.6) is 0 Å². The minimum absolute atomic E-state index is 0.107. The van der Waals surface area contributed by atoms with Gasteiger partial charge in [0.15, 0.2) is 4.34 Å². The molecule has 0 bridgehead atoms. The van der Waals surface area contributed by atoms with Crippen LogP contribution in [-0.4, -0.2) is 21.4 Å². The van der Waals surface area contributed by atoms with Crippen molar-refractivity contribution in [1.29, 1.82) is 0 Å². The number of furan rings is 1. The monoisotopic (exact) mass is 378 g/mol. The minimum atomic E-state index is -0.318. The Hall–Kier alpha value is -2.39. The second-order valence-corrected chi connectivity index (χ2v) is 7.63. The molecule has 2 heterocycles. The predicted molar refractivity (Wildman–Crippen MR) is 95.5 cm³/mol. The van der Waals surface area contributed by atoms with Gasteiger partial charge in [-0.1, -0.05) is 23.1 Å². The van der Waals surface area contributed by atoms with Gasteiger partial charge in [0.05, 0.1) is 18.1 Å². The average Bonchev–Trinajstić information content (AvgIpc) is 3.27. The maximum absolute atomic E-state index is 12.9. The SMILES string of the molecule is CC(Sc1nnc(Nc2ccc(F)cc2)s1)C(=O)NCc1ccco1. The molecule has 130 valence electrons. The van der Waals surface area contributed by atoms with Crippen LogP contribution in [0, 0.1) is 5.82 Å². The van der Waals surface area contributed by atoms with Crippen molar-refractivity contribution in [2.75, 3.05) is 5.32 Å². The summed E-state index contributed by atoms with van der Waals surface area (Å²) in [5.74, 6) is 0.297. The molecule has 3 aromatic rings. The molecule has 1 aromatic carbocycles. The van der Waals surface area contributed by atoms with E-state index in [-0.39, 0.29) is 17.0 Å². The molecule has 0 saturated carbocycles. The van der Waals surface area contributed by atoms with Crippen LogP contribution in [0.25, 0.3) is 0 Å². The standard InChI is InChI=1S/C16H15FN4O2S2/c1-10(14(22)18-9-13-3-2-8-23-13)24-16-21-20-15(25-16)19-12-6-4-11(17)5-7-12/h2-8,10H,9H2,1H3,(H,18,22)(H,19,20). The maximum Gasteiger partial charge on any atom is 0.233 e. The van der Waals surface area contributed by atoms with Gasteiger partial charge in [-0.15, -0.1) is 10.2 Å². The number of hydrogen-bond acceptors (Lipinski definition) is 7. The number of amides is 1. The number of thioether (sulfide) groups is 1. The second-order valence-electron chi connectivity index (χ2n) is 5.06. The van der Waals surface area contributed by atoms with Crippen molar-refractivity contribution in [3.05, 3.63) is 54.2 Å². The molecule has 1 atom stereocenters. The summed E-state index contributed by atoms with van der Waals surface area (Å²) in [6.45, 7) is 2.15. The van der Waals surface area contributed by atoms with E-state index in [9.17, 15) is 9.18 Å². The third-order valence-electron chi connectivity index (χ3n) is 3.17. The van der Waals surface area contributed by atoms with Gasteiger partial charge >= 0.3 is 0 Å². The summed E-state index contributed by atoms with van der Waals surface area (Å²) in [4.78, 5) is 12.1. The lowest BCUT2D eigenvalue weighted by Gasteiger charge is -2.08. The Morgan fingerprint density at radius 2 is 2.12 bits per heavy atom. The summed E-state index contributed by atoms with van der Waals surface area (Å²) in [6, 6.07) is 9.55. The summed E-state index contributed by atoms with van der Waals surface area (Å²) < 4.78 is 18.7. The van der Waals surface area contributed by atoms with E-state index in [1.807, 2.05) is 0 Å². The zero-order valence-corrected chi connectivity index (χ0v) is 14.9. The van der Waals surface area contributed by atoms with E-state index >= 15 is 0 Å². The molecule has 0 saturated heterocycles. The Morgan fingerprint density at radius 1 is 1.32 bits per heavy atom. The Bertz CT molecular complexity index is 821. The topological polar surface area (TPSA) is 80.0 Å². The molecular formula is C16H15FN4O2S2. The quantitative estimate of drug-likeness (QED) is 0.609. The highest BCUT2D eigenvalue weighted by Gasteiger charge is 2.17. The van der Waals surface area contributed by atoms with Gasteiger partial charge in [0.1, 0.15) is 11.6 Å². The maximum atomic E-state index is 12.9. The second kappa shape index (κ2) is 8.13. The highest BCUT2D eigenvalue weighted by molar-refractivity contribution is 8.02. The fourth-order valence-electron chi connectivity index (χ4n) is 1.90. The third-order valence-corrected chi connectivity index (χ3v) is 5.19. The van der Waals surface area contributed by atoms with Crippen LogP contribution < -0.4 is 10.6 Å². The van der Waals surface area contributed by atoms with Crippen molar-refractivity contribution in [1.82, 2.24) is 15.5 Å². The number of hydrogen-bond donors (Lipinski definition) is 2. The van der Waals surface area contributed by atoms with Crippen LogP contribution in [0.2, 0.25) is 0 Å². The molecule has 25 heavy (non-hydrogen) atoms. The zero-order valence-electron chi connectivity index (χ0n) is 13.2. The van der Waals surface area contributed by atoms with E-state index in [0.717, 1.165) is 5.69 Å². The van der Waals surface area contributed by atoms with Gasteiger partial charge in [-0.3, -0.25) is 4.79 Å². The molecule has 0 fully saturated rings. The van der Waals surface area contributed by atoms with Gasteiger partial charge in [-0.25, -0.2) is 4.39 Å². The summed E-state index contributed by atoms with van der Waals surface area (Å²) in [5, 5.41) is 14.2. The van der Waals surface area contributed by atoms with E-state index in [0.29, 0.717) is 21.8 Å². The van der Waals surface area contributed by atoms with Crippen LogP contribution in [0.15, 0.2) is 51.4 Å². The highest BCUT2D eigenvalue weighted by atomic mass is 32.2. The highest BCUT2D eigenvalue weighted by Crippen LogP contribution is 2.30. The Morgan fingerprint density at radius 3 is 2.84 bits per heavy atom. The largest absolute Gasteiger partial charge is 0.467 e. The molecule has 2 aromatic heterocycles. The third kappa shape index (κ3) is 5.04. The van der Waals surface area contributed by atoms with Crippen LogP contribution in [-0.2, 0) is 11.3 Å². The van der Waals surface area contributed by atoms with Crippen molar-refractivity contribution >= 4 is 39.8 Å².